The normalized spacial score (nSPS) is 10.9. The summed E-state index contributed by atoms with van der Waals surface area (Å²) in [7, 11) is 0. The Kier molecular flexibility index (Phi) is 3.47. The SMILES string of the molecule is O=c1[nH]c(C=Cc2ccc([N+](=O)[O-])o2)c([N+](=O)[O-])c(=O)[nH]1. The van der Waals surface area contributed by atoms with Crippen LogP contribution >= 0.6 is 0 Å². The van der Waals surface area contributed by atoms with Gasteiger partial charge in [-0.3, -0.25) is 30.0 Å². The Balaban J connectivity index is 2.45. The Labute approximate surface area is 113 Å². The van der Waals surface area contributed by atoms with Crippen LogP contribution in [0.5, 0.6) is 0 Å². The number of H-pyrrole nitrogens is 2. The van der Waals surface area contributed by atoms with Crippen LogP contribution in [0.1, 0.15) is 11.5 Å². The van der Waals surface area contributed by atoms with Crippen LogP contribution in [0.3, 0.4) is 0 Å². The van der Waals surface area contributed by atoms with Gasteiger partial charge in [0.1, 0.15) is 16.4 Å². The van der Waals surface area contributed by atoms with Crippen LogP contribution in [-0.4, -0.2) is 19.8 Å². The highest BCUT2D eigenvalue weighted by Gasteiger charge is 2.19. The first kappa shape index (κ1) is 13.9. The van der Waals surface area contributed by atoms with E-state index in [1.807, 2.05) is 0 Å². The van der Waals surface area contributed by atoms with Crippen molar-refractivity contribution in [2.24, 2.45) is 0 Å². The van der Waals surface area contributed by atoms with Gasteiger partial charge in [-0.15, -0.1) is 0 Å². The van der Waals surface area contributed by atoms with E-state index < -0.39 is 32.7 Å². The maximum absolute atomic E-state index is 11.3. The maximum Gasteiger partial charge on any atom is 0.433 e. The highest BCUT2D eigenvalue weighted by Crippen LogP contribution is 2.18. The Morgan fingerprint density at radius 2 is 1.76 bits per heavy atom. The molecule has 2 N–H and O–H groups in total. The van der Waals surface area contributed by atoms with E-state index in [-0.39, 0.29) is 11.5 Å². The Hall–Kier alpha value is -3.50. The lowest BCUT2D eigenvalue weighted by atomic mass is 10.3. The molecule has 2 aromatic rings. The molecular weight excluding hydrogens is 288 g/mol. The number of hydrogen-bond donors (Lipinski definition) is 2. The highest BCUT2D eigenvalue weighted by molar-refractivity contribution is 5.69. The lowest BCUT2D eigenvalue weighted by Gasteiger charge is -1.95. The molecule has 0 saturated carbocycles. The first-order valence-corrected chi connectivity index (χ1v) is 5.32. The fourth-order valence-electron chi connectivity index (χ4n) is 1.49. The number of rotatable bonds is 4. The topological polar surface area (TPSA) is 165 Å². The van der Waals surface area contributed by atoms with Crippen molar-refractivity contribution in [2.75, 3.05) is 0 Å². The summed E-state index contributed by atoms with van der Waals surface area (Å²) >= 11 is 0. The number of hydrogen-bond acceptors (Lipinski definition) is 7. The molecule has 2 aromatic heterocycles. The average molecular weight is 294 g/mol. The molecule has 0 aliphatic heterocycles. The van der Waals surface area contributed by atoms with Gasteiger partial charge in [-0.1, -0.05) is 0 Å². The molecule has 0 bridgehead atoms. The zero-order valence-electron chi connectivity index (χ0n) is 10.1. The van der Waals surface area contributed by atoms with E-state index in [1.54, 1.807) is 4.98 Å². The third kappa shape index (κ3) is 2.91. The van der Waals surface area contributed by atoms with E-state index in [0.717, 1.165) is 18.2 Å². The smallest absolute Gasteiger partial charge is 0.401 e. The van der Waals surface area contributed by atoms with E-state index >= 15 is 0 Å². The van der Waals surface area contributed by atoms with Crippen molar-refractivity contribution in [2.45, 2.75) is 0 Å². The van der Waals surface area contributed by atoms with Gasteiger partial charge in [-0.25, -0.2) is 4.79 Å². The molecule has 11 heteroatoms. The van der Waals surface area contributed by atoms with Gasteiger partial charge in [-0.2, -0.15) is 0 Å². The third-order valence-corrected chi connectivity index (χ3v) is 2.33. The molecule has 0 unspecified atom stereocenters. The largest absolute Gasteiger partial charge is 0.433 e. The summed E-state index contributed by atoms with van der Waals surface area (Å²) in [5.74, 6) is -0.485. The number of aromatic nitrogens is 2. The van der Waals surface area contributed by atoms with Crippen molar-refractivity contribution in [3.63, 3.8) is 0 Å². The fourth-order valence-corrected chi connectivity index (χ4v) is 1.49. The first-order chi connectivity index (χ1) is 9.88. The molecule has 0 radical (unpaired) electrons. The Morgan fingerprint density at radius 1 is 1.05 bits per heavy atom. The predicted molar refractivity (Wildman–Crippen MR) is 68.6 cm³/mol. The van der Waals surface area contributed by atoms with Gasteiger partial charge in [0.15, 0.2) is 0 Å². The van der Waals surface area contributed by atoms with E-state index in [4.69, 9.17) is 4.42 Å². The van der Waals surface area contributed by atoms with E-state index in [9.17, 15) is 29.8 Å². The summed E-state index contributed by atoms with van der Waals surface area (Å²) in [5.41, 5.74) is -3.29. The van der Waals surface area contributed by atoms with E-state index in [0.29, 0.717) is 0 Å². The molecule has 0 amide bonds. The van der Waals surface area contributed by atoms with Gasteiger partial charge in [0.25, 0.3) is 0 Å². The average Bonchev–Trinajstić information content (AvgIpc) is 2.83. The minimum Gasteiger partial charge on any atom is -0.401 e. The molecule has 0 atom stereocenters. The molecule has 0 aliphatic rings. The molecule has 21 heavy (non-hydrogen) atoms. The molecule has 2 heterocycles. The summed E-state index contributed by atoms with van der Waals surface area (Å²) in [5, 5.41) is 21.2. The second-order valence-electron chi connectivity index (χ2n) is 3.69. The summed E-state index contributed by atoms with van der Waals surface area (Å²) < 4.78 is 4.79. The summed E-state index contributed by atoms with van der Waals surface area (Å²) in [4.78, 5) is 45.7. The number of nitro groups is 2. The van der Waals surface area contributed by atoms with Crippen LogP contribution < -0.4 is 11.2 Å². The lowest BCUT2D eigenvalue weighted by Crippen LogP contribution is -2.25. The van der Waals surface area contributed by atoms with Gasteiger partial charge in [0, 0.05) is 0 Å². The number of nitrogens with one attached hydrogen (secondary N) is 2. The van der Waals surface area contributed by atoms with Gasteiger partial charge in [0.05, 0.1) is 11.0 Å². The molecule has 0 aromatic carbocycles. The quantitative estimate of drug-likeness (QED) is 0.616. The zero-order valence-corrected chi connectivity index (χ0v) is 10.1. The summed E-state index contributed by atoms with van der Waals surface area (Å²) in [6.07, 6.45) is 2.18. The Morgan fingerprint density at radius 3 is 2.33 bits per heavy atom. The summed E-state index contributed by atoms with van der Waals surface area (Å²) in [6.45, 7) is 0. The van der Waals surface area contributed by atoms with Crippen molar-refractivity contribution in [3.05, 3.63) is 64.7 Å². The molecule has 11 nitrogen and oxygen atoms in total. The second-order valence-corrected chi connectivity index (χ2v) is 3.69. The monoisotopic (exact) mass is 294 g/mol. The number of aromatic amines is 2. The molecular formula is C10H6N4O7. The van der Waals surface area contributed by atoms with Crippen LogP contribution in [-0.2, 0) is 0 Å². The maximum atomic E-state index is 11.3. The molecule has 0 fully saturated rings. The van der Waals surface area contributed by atoms with Gasteiger partial charge < -0.3 is 9.40 Å². The van der Waals surface area contributed by atoms with Crippen LogP contribution in [0.4, 0.5) is 11.6 Å². The van der Waals surface area contributed by atoms with Crippen LogP contribution in [0.15, 0.2) is 26.1 Å². The predicted octanol–water partition coefficient (Wildman–Crippen LogP) is 0.643. The zero-order chi connectivity index (χ0) is 15.6. The van der Waals surface area contributed by atoms with Crippen molar-refractivity contribution in [1.82, 2.24) is 9.97 Å². The molecule has 2 rings (SSSR count). The van der Waals surface area contributed by atoms with Gasteiger partial charge >= 0.3 is 22.8 Å². The van der Waals surface area contributed by atoms with E-state index in [1.165, 1.54) is 6.07 Å². The van der Waals surface area contributed by atoms with Crippen LogP contribution in [0.2, 0.25) is 0 Å². The van der Waals surface area contributed by atoms with E-state index in [2.05, 4.69) is 4.98 Å². The third-order valence-electron chi connectivity index (χ3n) is 2.33. The summed E-state index contributed by atoms with van der Waals surface area (Å²) in [6, 6.07) is 2.35. The van der Waals surface area contributed by atoms with Crippen molar-refractivity contribution >= 4 is 23.7 Å². The molecule has 0 saturated heterocycles. The molecule has 0 aliphatic carbocycles. The lowest BCUT2D eigenvalue weighted by molar-refractivity contribution is -0.402. The Bertz CT molecular complexity index is 857. The van der Waals surface area contributed by atoms with Crippen molar-refractivity contribution in [3.8, 4) is 0 Å². The second kappa shape index (κ2) is 5.24. The molecule has 0 spiro atoms. The number of furan rings is 1. The first-order valence-electron chi connectivity index (χ1n) is 5.32. The van der Waals surface area contributed by atoms with Crippen LogP contribution in [0, 0.1) is 20.2 Å². The van der Waals surface area contributed by atoms with Crippen molar-refractivity contribution < 1.29 is 14.3 Å². The van der Waals surface area contributed by atoms with Gasteiger partial charge in [-0.05, 0) is 18.2 Å². The number of nitrogens with zero attached hydrogens (tertiary/aromatic N) is 2. The standard InChI is InChI=1S/C10H6N4O7/c15-9-8(14(19)20)6(11-10(16)12-9)3-1-5-2-4-7(21-5)13(17)18/h1-4H,(H2,11,12,15,16). The minimum absolute atomic E-state index is 0.0251. The molecule has 108 valence electrons. The minimum atomic E-state index is -1.16. The highest BCUT2D eigenvalue weighted by atomic mass is 16.6. The fraction of sp³-hybridized carbons (Fsp3) is 0. The van der Waals surface area contributed by atoms with Crippen LogP contribution in [0.25, 0.3) is 12.2 Å². The van der Waals surface area contributed by atoms with Crippen molar-refractivity contribution in [1.29, 1.82) is 0 Å². The van der Waals surface area contributed by atoms with Gasteiger partial charge in [0.2, 0.25) is 0 Å².